The number of hydrogen-bond donors (Lipinski definition) is 1. The van der Waals surface area contributed by atoms with Gasteiger partial charge in [-0.1, -0.05) is 23.4 Å². The van der Waals surface area contributed by atoms with Gasteiger partial charge in [-0.05, 0) is 23.8 Å². The second-order valence-corrected chi connectivity index (χ2v) is 5.11. The van der Waals surface area contributed by atoms with Crippen LogP contribution in [0, 0.1) is 5.82 Å². The summed E-state index contributed by atoms with van der Waals surface area (Å²) in [6.07, 6.45) is 5.43. The van der Waals surface area contributed by atoms with E-state index >= 15 is 0 Å². The predicted octanol–water partition coefficient (Wildman–Crippen LogP) is 2.49. The minimum atomic E-state index is -0.260. The lowest BCUT2D eigenvalue weighted by Gasteiger charge is -2.00. The summed E-state index contributed by atoms with van der Waals surface area (Å²) in [7, 11) is 0. The molecular weight excluding hydrogens is 289 g/mol. The summed E-state index contributed by atoms with van der Waals surface area (Å²) in [5, 5.41) is 10.7. The van der Waals surface area contributed by atoms with Gasteiger partial charge in [-0.25, -0.2) is 9.37 Å². The lowest BCUT2D eigenvalue weighted by atomic mass is 10.2. The lowest BCUT2D eigenvalue weighted by molar-refractivity contribution is 0.628. The molecule has 106 valence electrons. The zero-order valence-electron chi connectivity index (χ0n) is 11.0. The Labute approximate surface area is 124 Å². The topological polar surface area (TPSA) is 69.6 Å². The Bertz CT molecular complexity index is 746. The Morgan fingerprint density at radius 3 is 2.71 bits per heavy atom. The van der Waals surface area contributed by atoms with E-state index < -0.39 is 0 Å². The van der Waals surface area contributed by atoms with Crippen molar-refractivity contribution < 1.29 is 4.39 Å². The van der Waals surface area contributed by atoms with Crippen molar-refractivity contribution in [1.29, 1.82) is 0 Å². The molecule has 0 fully saturated rings. The molecule has 0 aliphatic heterocycles. The van der Waals surface area contributed by atoms with Crippen LogP contribution in [-0.4, -0.2) is 20.0 Å². The summed E-state index contributed by atoms with van der Waals surface area (Å²) >= 11 is 1.46. The van der Waals surface area contributed by atoms with E-state index in [-0.39, 0.29) is 12.4 Å². The Hall–Kier alpha value is -2.38. The first-order valence-electron chi connectivity index (χ1n) is 6.26. The lowest BCUT2D eigenvalue weighted by Crippen LogP contribution is -2.02. The van der Waals surface area contributed by atoms with Crippen molar-refractivity contribution in [2.45, 2.75) is 6.54 Å². The van der Waals surface area contributed by atoms with Crippen LogP contribution in [0.3, 0.4) is 0 Å². The Balaban J connectivity index is 1.97. The number of benzene rings is 1. The van der Waals surface area contributed by atoms with Gasteiger partial charge in [-0.3, -0.25) is 0 Å². The van der Waals surface area contributed by atoms with E-state index in [1.54, 1.807) is 23.0 Å². The molecule has 3 aromatic rings. The van der Waals surface area contributed by atoms with Crippen LogP contribution in [0.5, 0.6) is 0 Å². The summed E-state index contributed by atoms with van der Waals surface area (Å²) in [5.74, 6) is -0.260. The van der Waals surface area contributed by atoms with Crippen LogP contribution in [0.1, 0.15) is 17.0 Å². The quantitative estimate of drug-likeness (QED) is 0.804. The van der Waals surface area contributed by atoms with Crippen LogP contribution in [-0.2, 0) is 6.54 Å². The normalized spacial score (nSPS) is 11.3. The minimum Gasteiger partial charge on any atom is -0.325 e. The van der Waals surface area contributed by atoms with Crippen molar-refractivity contribution in [2.75, 3.05) is 0 Å². The molecule has 0 radical (unpaired) electrons. The van der Waals surface area contributed by atoms with Crippen LogP contribution >= 0.6 is 11.3 Å². The Kier molecular flexibility index (Phi) is 3.85. The molecule has 7 heteroatoms. The van der Waals surface area contributed by atoms with Gasteiger partial charge in [-0.2, -0.15) is 4.68 Å². The Morgan fingerprint density at radius 2 is 2.05 bits per heavy atom. The van der Waals surface area contributed by atoms with Crippen LogP contribution < -0.4 is 5.73 Å². The molecule has 0 aliphatic carbocycles. The number of rotatable bonds is 4. The zero-order chi connectivity index (χ0) is 14.7. The molecule has 0 unspecified atom stereocenters. The molecule has 0 aliphatic rings. The molecule has 3 rings (SSSR count). The molecule has 1 aromatic carbocycles. The van der Waals surface area contributed by atoms with Crippen LogP contribution in [0.4, 0.5) is 4.39 Å². The predicted molar refractivity (Wildman–Crippen MR) is 80.3 cm³/mol. The van der Waals surface area contributed by atoms with E-state index in [0.29, 0.717) is 5.69 Å². The van der Waals surface area contributed by atoms with Gasteiger partial charge in [0.1, 0.15) is 11.5 Å². The number of hydrogen-bond acceptors (Lipinski definition) is 5. The molecule has 0 bridgehead atoms. The van der Waals surface area contributed by atoms with Crippen molar-refractivity contribution >= 4 is 23.5 Å². The number of thiazole rings is 1. The van der Waals surface area contributed by atoms with Gasteiger partial charge in [0, 0.05) is 18.1 Å². The summed E-state index contributed by atoms with van der Waals surface area (Å²) in [5.41, 5.74) is 8.03. The van der Waals surface area contributed by atoms with E-state index in [4.69, 9.17) is 5.73 Å². The highest BCUT2D eigenvalue weighted by atomic mass is 32.1. The zero-order valence-corrected chi connectivity index (χ0v) is 11.8. The smallest absolute Gasteiger partial charge is 0.212 e. The summed E-state index contributed by atoms with van der Waals surface area (Å²) in [6.45, 7) is 0.286. The van der Waals surface area contributed by atoms with E-state index in [1.165, 1.54) is 23.5 Å². The second-order valence-electron chi connectivity index (χ2n) is 4.24. The molecule has 2 aromatic heterocycles. The summed E-state index contributed by atoms with van der Waals surface area (Å²) in [6, 6.07) is 6.23. The maximum atomic E-state index is 12.9. The maximum Gasteiger partial charge on any atom is 0.212 e. The molecule has 0 atom stereocenters. The molecule has 2 N–H and O–H groups in total. The molecule has 0 saturated heterocycles. The average Bonchev–Trinajstić information content (AvgIpc) is 3.15. The van der Waals surface area contributed by atoms with Crippen LogP contribution in [0.2, 0.25) is 0 Å². The maximum absolute atomic E-state index is 12.9. The van der Waals surface area contributed by atoms with Gasteiger partial charge in [0.05, 0.1) is 5.69 Å². The molecule has 0 saturated carbocycles. The monoisotopic (exact) mass is 301 g/mol. The number of halogens is 1. The fraction of sp³-hybridized carbons (Fsp3) is 0.0714. The van der Waals surface area contributed by atoms with Gasteiger partial charge in [0.25, 0.3) is 0 Å². The van der Waals surface area contributed by atoms with E-state index in [0.717, 1.165) is 16.4 Å². The number of nitrogens with zero attached hydrogens (tertiary/aromatic N) is 4. The van der Waals surface area contributed by atoms with Crippen molar-refractivity contribution in [2.24, 2.45) is 5.73 Å². The molecular formula is C14H12FN5S. The molecule has 21 heavy (non-hydrogen) atoms. The van der Waals surface area contributed by atoms with Crippen molar-refractivity contribution in [3.63, 3.8) is 0 Å². The van der Waals surface area contributed by atoms with E-state index in [2.05, 4.69) is 15.3 Å². The van der Waals surface area contributed by atoms with Crippen LogP contribution in [0.15, 0.2) is 35.8 Å². The molecule has 5 nitrogen and oxygen atoms in total. The highest BCUT2D eigenvalue weighted by Crippen LogP contribution is 2.17. The minimum absolute atomic E-state index is 0.260. The number of nitrogens with two attached hydrogens (primary N) is 1. The van der Waals surface area contributed by atoms with Crippen molar-refractivity contribution in [3.05, 3.63) is 58.6 Å². The highest BCUT2D eigenvalue weighted by molar-refractivity contribution is 7.12. The SMILES string of the molecule is NCc1nnn(-c2nccs2)c1/C=C/c1ccc(F)cc1. The standard InChI is InChI=1S/C14H12FN5S/c15-11-4-1-10(2-5-11)3-6-13-12(9-16)18-19-20(13)14-17-7-8-21-14/h1-8H,9,16H2/b6-3+. The molecule has 0 spiro atoms. The Morgan fingerprint density at radius 1 is 1.24 bits per heavy atom. The fourth-order valence-electron chi connectivity index (χ4n) is 1.84. The van der Waals surface area contributed by atoms with Gasteiger partial charge in [-0.15, -0.1) is 16.4 Å². The number of aromatic nitrogens is 4. The second kappa shape index (κ2) is 5.94. The summed E-state index contributed by atoms with van der Waals surface area (Å²) in [4.78, 5) is 4.22. The molecule has 2 heterocycles. The van der Waals surface area contributed by atoms with Crippen molar-refractivity contribution in [1.82, 2.24) is 20.0 Å². The fourth-order valence-corrected chi connectivity index (χ4v) is 2.44. The van der Waals surface area contributed by atoms with Crippen molar-refractivity contribution in [3.8, 4) is 5.13 Å². The highest BCUT2D eigenvalue weighted by Gasteiger charge is 2.12. The third kappa shape index (κ3) is 2.88. The molecule has 0 amide bonds. The first-order valence-corrected chi connectivity index (χ1v) is 7.14. The third-order valence-electron chi connectivity index (χ3n) is 2.88. The van der Waals surface area contributed by atoms with Gasteiger partial charge < -0.3 is 5.73 Å². The summed E-state index contributed by atoms with van der Waals surface area (Å²) < 4.78 is 14.5. The van der Waals surface area contributed by atoms with E-state index in [9.17, 15) is 4.39 Å². The average molecular weight is 301 g/mol. The largest absolute Gasteiger partial charge is 0.325 e. The first-order chi connectivity index (χ1) is 10.3. The third-order valence-corrected chi connectivity index (χ3v) is 3.62. The van der Waals surface area contributed by atoms with Gasteiger partial charge >= 0.3 is 0 Å². The first kappa shape index (κ1) is 13.6. The van der Waals surface area contributed by atoms with Gasteiger partial charge in [0.2, 0.25) is 5.13 Å². The van der Waals surface area contributed by atoms with Gasteiger partial charge in [0.15, 0.2) is 0 Å². The van der Waals surface area contributed by atoms with Crippen LogP contribution in [0.25, 0.3) is 17.3 Å². The van der Waals surface area contributed by atoms with E-state index in [1.807, 2.05) is 17.5 Å².